The van der Waals surface area contributed by atoms with Crippen molar-refractivity contribution in [2.24, 2.45) is 5.92 Å². The van der Waals surface area contributed by atoms with E-state index in [4.69, 9.17) is 0 Å². The van der Waals surface area contributed by atoms with Crippen LogP contribution in [0.4, 0.5) is 14.5 Å². The highest BCUT2D eigenvalue weighted by molar-refractivity contribution is 7.92. The Kier molecular flexibility index (Phi) is 8.18. The van der Waals surface area contributed by atoms with Crippen LogP contribution in [-0.2, 0) is 10.0 Å². The van der Waals surface area contributed by atoms with Crippen LogP contribution < -0.4 is 4.72 Å². The van der Waals surface area contributed by atoms with Crippen LogP contribution in [0.3, 0.4) is 0 Å². The number of nitrogens with one attached hydrogen (secondary N) is 1. The van der Waals surface area contributed by atoms with Gasteiger partial charge in [-0.3, -0.25) is 9.62 Å². The summed E-state index contributed by atoms with van der Waals surface area (Å²) in [6.07, 6.45) is 12.6. The Bertz CT molecular complexity index is 1400. The van der Waals surface area contributed by atoms with Gasteiger partial charge >= 0.3 is 0 Å². The van der Waals surface area contributed by atoms with Crippen molar-refractivity contribution in [2.45, 2.75) is 46.0 Å². The molecule has 11 heteroatoms. The van der Waals surface area contributed by atoms with Crippen molar-refractivity contribution in [3.05, 3.63) is 65.2 Å². The zero-order valence-corrected chi connectivity index (χ0v) is 23.4. The van der Waals surface area contributed by atoms with Crippen LogP contribution >= 0.6 is 0 Å². The normalized spacial score (nSPS) is 18.9. The Hall–Kier alpha value is -3.05. The molecule has 1 aromatic heterocycles. The van der Waals surface area contributed by atoms with E-state index >= 15 is 4.39 Å². The minimum Gasteiger partial charge on any atom is -0.369 e. The molecule has 8 nitrogen and oxygen atoms in total. The Morgan fingerprint density at radius 1 is 1.08 bits per heavy atom. The maximum absolute atomic E-state index is 15.3. The van der Waals surface area contributed by atoms with Gasteiger partial charge in [-0.2, -0.15) is 0 Å². The molecule has 2 heterocycles. The molecule has 1 saturated carbocycles. The van der Waals surface area contributed by atoms with Gasteiger partial charge in [-0.25, -0.2) is 21.9 Å². The summed E-state index contributed by atoms with van der Waals surface area (Å²) in [6, 6.07) is 2.09. The monoisotopic (exact) mass is 558 g/mol. The van der Waals surface area contributed by atoms with E-state index in [9.17, 15) is 12.8 Å². The molecule has 2 aliphatic carbocycles. The Balaban J connectivity index is 1.39. The molecule has 0 bridgehead atoms. The fraction of sp³-hybridized carbons (Fsp3) is 0.500. The minimum absolute atomic E-state index is 0.168. The minimum atomic E-state index is -3.75. The van der Waals surface area contributed by atoms with E-state index in [1.165, 1.54) is 31.2 Å². The lowest BCUT2D eigenvalue weighted by atomic mass is 10.1. The summed E-state index contributed by atoms with van der Waals surface area (Å²) in [5, 5.41) is 8.24. The van der Waals surface area contributed by atoms with Crippen molar-refractivity contribution in [3.63, 3.8) is 0 Å². The molecule has 0 amide bonds. The van der Waals surface area contributed by atoms with Gasteiger partial charge in [0, 0.05) is 44.0 Å². The third-order valence-electron chi connectivity index (χ3n) is 7.47. The Labute approximate surface area is 229 Å². The summed E-state index contributed by atoms with van der Waals surface area (Å²) in [4.78, 5) is 4.95. The predicted molar refractivity (Wildman–Crippen MR) is 149 cm³/mol. The van der Waals surface area contributed by atoms with Gasteiger partial charge in [-0.15, -0.1) is 5.10 Å². The van der Waals surface area contributed by atoms with E-state index in [2.05, 4.69) is 50.0 Å². The van der Waals surface area contributed by atoms with Crippen LogP contribution in [-0.4, -0.2) is 71.7 Å². The third-order valence-corrected chi connectivity index (χ3v) is 8.94. The molecule has 5 rings (SSSR count). The number of hydrogen-bond acceptors (Lipinski definition) is 6. The number of piperazine rings is 1. The second-order valence-electron chi connectivity index (χ2n) is 10.5. The van der Waals surface area contributed by atoms with E-state index in [0.717, 1.165) is 73.0 Å². The second kappa shape index (κ2) is 11.6. The molecule has 1 aromatic carbocycles. The number of rotatable bonds is 10. The SMILES string of the molecule is CCCS(=O)(=O)Nc1ccc(F)c(-n2cc(C3=CCC(CC)=CC(N4CCN(CC5CC5)CC4)=C3)nn2)c1F. The highest BCUT2D eigenvalue weighted by Gasteiger charge is 2.27. The molecule has 1 aliphatic heterocycles. The first-order chi connectivity index (χ1) is 18.8. The number of allylic oxidation sites excluding steroid dienone is 5. The maximum atomic E-state index is 15.3. The second-order valence-corrected chi connectivity index (χ2v) is 12.4. The quantitative estimate of drug-likeness (QED) is 0.454. The van der Waals surface area contributed by atoms with E-state index in [1.807, 2.05) is 0 Å². The summed E-state index contributed by atoms with van der Waals surface area (Å²) >= 11 is 0. The van der Waals surface area contributed by atoms with E-state index in [0.29, 0.717) is 12.1 Å². The first-order valence-corrected chi connectivity index (χ1v) is 15.4. The Morgan fingerprint density at radius 3 is 2.54 bits per heavy atom. The smallest absolute Gasteiger partial charge is 0.232 e. The zero-order valence-electron chi connectivity index (χ0n) is 22.5. The largest absolute Gasteiger partial charge is 0.369 e. The molecule has 3 aliphatic rings. The standard InChI is InChI=1S/C28H36F2N6O2S/c1-3-15-39(37,38)32-25-10-9-24(29)28(27(25)30)36-19-26(31-33-36)22-8-7-20(4-2)16-23(17-22)35-13-11-34(12-14-35)18-21-5-6-21/h8-10,16-17,19,21,32H,3-7,11-15,18H2,1-2H3. The van der Waals surface area contributed by atoms with Gasteiger partial charge in [0.05, 0.1) is 17.6 Å². The van der Waals surface area contributed by atoms with Gasteiger partial charge < -0.3 is 4.90 Å². The average Bonchev–Trinajstić information content (AvgIpc) is 3.65. The summed E-state index contributed by atoms with van der Waals surface area (Å²) in [5.41, 5.74) is 2.92. The van der Waals surface area contributed by atoms with E-state index in [-0.39, 0.29) is 11.4 Å². The molecule has 0 spiro atoms. The summed E-state index contributed by atoms with van der Waals surface area (Å²) in [5.74, 6) is -1.20. The fourth-order valence-corrected chi connectivity index (χ4v) is 6.19. The molecule has 0 unspecified atom stereocenters. The van der Waals surface area contributed by atoms with Gasteiger partial charge in [-0.05, 0) is 62.3 Å². The molecule has 2 aromatic rings. The van der Waals surface area contributed by atoms with Gasteiger partial charge in [0.25, 0.3) is 0 Å². The van der Waals surface area contributed by atoms with Crippen LogP contribution in [0.15, 0.2) is 47.8 Å². The van der Waals surface area contributed by atoms with Crippen molar-refractivity contribution < 1.29 is 17.2 Å². The van der Waals surface area contributed by atoms with Crippen molar-refractivity contribution in [3.8, 4) is 5.69 Å². The molecular formula is C28H36F2N6O2S. The van der Waals surface area contributed by atoms with Crippen molar-refractivity contribution >= 4 is 21.3 Å². The average molecular weight is 559 g/mol. The lowest BCUT2D eigenvalue weighted by Crippen LogP contribution is -2.46. The van der Waals surface area contributed by atoms with E-state index in [1.54, 1.807) is 6.92 Å². The molecule has 2 fully saturated rings. The maximum Gasteiger partial charge on any atom is 0.232 e. The number of benzene rings is 1. The molecular weight excluding hydrogens is 522 g/mol. The molecule has 210 valence electrons. The third kappa shape index (κ3) is 6.58. The number of aromatic nitrogens is 3. The molecule has 1 N–H and O–H groups in total. The van der Waals surface area contributed by atoms with E-state index < -0.39 is 27.3 Å². The lowest BCUT2D eigenvalue weighted by molar-refractivity contribution is 0.157. The van der Waals surface area contributed by atoms with Crippen LogP contribution in [0.1, 0.15) is 51.6 Å². The van der Waals surface area contributed by atoms with Crippen molar-refractivity contribution in [2.75, 3.05) is 43.2 Å². The number of sulfonamides is 1. The number of halogens is 2. The molecule has 1 saturated heterocycles. The van der Waals surface area contributed by atoms with Gasteiger partial charge in [-0.1, -0.05) is 30.7 Å². The zero-order chi connectivity index (χ0) is 27.6. The van der Waals surface area contributed by atoms with Crippen LogP contribution in [0.25, 0.3) is 11.3 Å². The first-order valence-electron chi connectivity index (χ1n) is 13.8. The fourth-order valence-electron chi connectivity index (χ4n) is 5.05. The van der Waals surface area contributed by atoms with Gasteiger partial charge in [0.15, 0.2) is 11.6 Å². The molecule has 0 atom stereocenters. The lowest BCUT2D eigenvalue weighted by Gasteiger charge is -2.37. The predicted octanol–water partition coefficient (Wildman–Crippen LogP) is 4.73. The number of anilines is 1. The molecule has 39 heavy (non-hydrogen) atoms. The first kappa shape index (κ1) is 27.5. The number of hydrogen-bond donors (Lipinski definition) is 1. The van der Waals surface area contributed by atoms with Gasteiger partial charge in [0.1, 0.15) is 11.4 Å². The highest BCUT2D eigenvalue weighted by Crippen LogP contribution is 2.31. The highest BCUT2D eigenvalue weighted by atomic mass is 32.2. The van der Waals surface area contributed by atoms with Crippen LogP contribution in [0.5, 0.6) is 0 Å². The van der Waals surface area contributed by atoms with Crippen molar-refractivity contribution in [1.82, 2.24) is 24.8 Å². The van der Waals surface area contributed by atoms with Crippen molar-refractivity contribution in [1.29, 1.82) is 0 Å². The Morgan fingerprint density at radius 2 is 1.85 bits per heavy atom. The van der Waals surface area contributed by atoms with Gasteiger partial charge in [0.2, 0.25) is 10.0 Å². The summed E-state index contributed by atoms with van der Waals surface area (Å²) < 4.78 is 57.7. The number of nitrogens with zero attached hydrogens (tertiary/aromatic N) is 5. The molecule has 0 radical (unpaired) electrons. The summed E-state index contributed by atoms with van der Waals surface area (Å²) in [6.45, 7) is 9.01. The van der Waals surface area contributed by atoms with Crippen LogP contribution in [0, 0.1) is 17.6 Å². The topological polar surface area (TPSA) is 83.4 Å². The summed E-state index contributed by atoms with van der Waals surface area (Å²) in [7, 11) is -3.75. The van der Waals surface area contributed by atoms with Crippen LogP contribution in [0.2, 0.25) is 0 Å².